The van der Waals surface area contributed by atoms with Crippen molar-refractivity contribution in [2.45, 2.75) is 44.7 Å². The van der Waals surface area contributed by atoms with Crippen LogP contribution >= 0.6 is 11.3 Å². The molecular formula is C14H21NO3S. The maximum absolute atomic E-state index is 11.1. The van der Waals surface area contributed by atoms with Gasteiger partial charge in [-0.3, -0.25) is 4.90 Å². The second-order valence-corrected chi connectivity index (χ2v) is 5.98. The van der Waals surface area contributed by atoms with Crippen molar-refractivity contribution in [2.24, 2.45) is 0 Å². The third-order valence-corrected chi connectivity index (χ3v) is 4.74. The number of aliphatic hydroxyl groups is 1. The van der Waals surface area contributed by atoms with Gasteiger partial charge in [0, 0.05) is 19.1 Å². The number of hydrogen-bond acceptors (Lipinski definition) is 4. The molecule has 4 nitrogen and oxygen atoms in total. The van der Waals surface area contributed by atoms with Gasteiger partial charge in [0.2, 0.25) is 0 Å². The molecule has 1 saturated carbocycles. The van der Waals surface area contributed by atoms with Gasteiger partial charge in [-0.15, -0.1) is 11.3 Å². The average molecular weight is 283 g/mol. The van der Waals surface area contributed by atoms with E-state index in [-0.39, 0.29) is 6.61 Å². The minimum absolute atomic E-state index is 0.128. The Hall–Kier alpha value is -0.910. The quantitative estimate of drug-likeness (QED) is 0.842. The zero-order chi connectivity index (χ0) is 13.7. The predicted octanol–water partition coefficient (Wildman–Crippen LogP) is 2.57. The molecule has 0 unspecified atom stereocenters. The summed E-state index contributed by atoms with van der Waals surface area (Å²) in [7, 11) is 0. The minimum Gasteiger partial charge on any atom is -0.477 e. The first-order valence-electron chi connectivity index (χ1n) is 6.87. The maximum atomic E-state index is 11.1. The van der Waals surface area contributed by atoms with E-state index in [2.05, 4.69) is 4.90 Å². The van der Waals surface area contributed by atoms with Gasteiger partial charge in [0.05, 0.1) is 6.61 Å². The summed E-state index contributed by atoms with van der Waals surface area (Å²) in [5.74, 6) is -0.849. The van der Waals surface area contributed by atoms with Crippen LogP contribution in [0.2, 0.25) is 0 Å². The van der Waals surface area contributed by atoms with Gasteiger partial charge in [-0.05, 0) is 29.9 Å². The number of carboxylic acid groups (broad SMARTS) is 1. The van der Waals surface area contributed by atoms with Crippen LogP contribution < -0.4 is 0 Å². The number of rotatable bonds is 6. The van der Waals surface area contributed by atoms with Gasteiger partial charge in [-0.25, -0.2) is 4.79 Å². The molecule has 0 bridgehead atoms. The summed E-state index contributed by atoms with van der Waals surface area (Å²) >= 11 is 1.28. The average Bonchev–Trinajstić information content (AvgIpc) is 2.88. The van der Waals surface area contributed by atoms with Crippen LogP contribution in [0, 0.1) is 0 Å². The molecule has 19 heavy (non-hydrogen) atoms. The standard InChI is InChI=1S/C14H21NO3S/c16-8-7-15(12-4-2-1-3-5-12)10-11-6-9-19-13(11)14(17)18/h6,9,12,16H,1-5,7-8,10H2,(H,17,18). The summed E-state index contributed by atoms with van der Waals surface area (Å²) in [6.45, 7) is 1.39. The van der Waals surface area contributed by atoms with Crippen LogP contribution in [-0.4, -0.2) is 40.3 Å². The molecule has 0 spiro atoms. The Morgan fingerprint density at radius 1 is 1.37 bits per heavy atom. The van der Waals surface area contributed by atoms with E-state index in [1.807, 2.05) is 11.4 Å². The zero-order valence-corrected chi connectivity index (χ0v) is 11.9. The van der Waals surface area contributed by atoms with Crippen molar-refractivity contribution in [3.8, 4) is 0 Å². The number of carbonyl (C=O) groups is 1. The number of nitrogens with zero attached hydrogens (tertiary/aromatic N) is 1. The molecule has 0 amide bonds. The van der Waals surface area contributed by atoms with Crippen LogP contribution in [0.15, 0.2) is 11.4 Å². The lowest BCUT2D eigenvalue weighted by atomic mass is 9.94. The first kappa shape index (κ1) is 14.5. The second-order valence-electron chi connectivity index (χ2n) is 5.07. The summed E-state index contributed by atoms with van der Waals surface area (Å²) in [5, 5.41) is 20.2. The van der Waals surface area contributed by atoms with Crippen molar-refractivity contribution in [1.29, 1.82) is 0 Å². The maximum Gasteiger partial charge on any atom is 0.346 e. The molecule has 5 heteroatoms. The number of hydrogen-bond donors (Lipinski definition) is 2. The Morgan fingerprint density at radius 3 is 2.74 bits per heavy atom. The molecule has 1 heterocycles. The van der Waals surface area contributed by atoms with Gasteiger partial charge in [0.1, 0.15) is 4.88 Å². The summed E-state index contributed by atoms with van der Waals surface area (Å²) in [4.78, 5) is 13.8. The molecule has 1 aliphatic rings. The Morgan fingerprint density at radius 2 is 2.11 bits per heavy atom. The molecule has 0 aromatic carbocycles. The SMILES string of the molecule is O=C(O)c1sccc1CN(CCO)C1CCCCC1. The van der Waals surface area contributed by atoms with E-state index in [9.17, 15) is 9.90 Å². The molecule has 0 radical (unpaired) electrons. The zero-order valence-electron chi connectivity index (χ0n) is 11.0. The number of carboxylic acids is 1. The van der Waals surface area contributed by atoms with Gasteiger partial charge >= 0.3 is 5.97 Å². The van der Waals surface area contributed by atoms with E-state index >= 15 is 0 Å². The molecule has 2 N–H and O–H groups in total. The predicted molar refractivity (Wildman–Crippen MR) is 75.6 cm³/mol. The molecule has 2 rings (SSSR count). The fourth-order valence-corrected chi connectivity index (χ4v) is 3.59. The lowest BCUT2D eigenvalue weighted by Crippen LogP contribution is -2.38. The highest BCUT2D eigenvalue weighted by Gasteiger charge is 2.23. The van der Waals surface area contributed by atoms with Crippen molar-refractivity contribution in [1.82, 2.24) is 4.90 Å². The molecule has 106 valence electrons. The van der Waals surface area contributed by atoms with Gasteiger partial charge in [-0.1, -0.05) is 19.3 Å². The minimum atomic E-state index is -0.849. The highest BCUT2D eigenvalue weighted by molar-refractivity contribution is 7.12. The first-order valence-corrected chi connectivity index (χ1v) is 7.75. The molecule has 1 fully saturated rings. The highest BCUT2D eigenvalue weighted by Crippen LogP contribution is 2.26. The molecular weight excluding hydrogens is 262 g/mol. The van der Waals surface area contributed by atoms with Gasteiger partial charge in [0.25, 0.3) is 0 Å². The van der Waals surface area contributed by atoms with Crippen LogP contribution in [0.1, 0.15) is 47.3 Å². The highest BCUT2D eigenvalue weighted by atomic mass is 32.1. The summed E-state index contributed by atoms with van der Waals surface area (Å²) in [6.07, 6.45) is 6.09. The fourth-order valence-electron chi connectivity index (χ4n) is 2.83. The normalized spacial score (nSPS) is 16.9. The largest absolute Gasteiger partial charge is 0.477 e. The van der Waals surface area contributed by atoms with E-state index in [4.69, 9.17) is 5.11 Å². The van der Waals surface area contributed by atoms with Crippen LogP contribution in [0.4, 0.5) is 0 Å². The first-order chi connectivity index (χ1) is 9.22. The smallest absolute Gasteiger partial charge is 0.346 e. The van der Waals surface area contributed by atoms with E-state index in [1.165, 1.54) is 30.6 Å². The Bertz CT molecular complexity index is 413. The van der Waals surface area contributed by atoms with Crippen molar-refractivity contribution in [2.75, 3.05) is 13.2 Å². The molecule has 1 aromatic rings. The third-order valence-electron chi connectivity index (χ3n) is 3.79. The van der Waals surface area contributed by atoms with Crippen molar-refractivity contribution in [3.05, 3.63) is 21.9 Å². The summed E-state index contributed by atoms with van der Waals surface area (Å²) in [6, 6.07) is 2.38. The van der Waals surface area contributed by atoms with Crippen LogP contribution in [-0.2, 0) is 6.54 Å². The lowest BCUT2D eigenvalue weighted by Gasteiger charge is -2.33. The van der Waals surface area contributed by atoms with Crippen molar-refractivity contribution < 1.29 is 15.0 Å². The molecule has 0 aliphatic heterocycles. The summed E-state index contributed by atoms with van der Waals surface area (Å²) in [5.41, 5.74) is 0.872. The molecule has 1 aliphatic carbocycles. The van der Waals surface area contributed by atoms with E-state index in [0.717, 1.165) is 18.4 Å². The van der Waals surface area contributed by atoms with Gasteiger partial charge in [-0.2, -0.15) is 0 Å². The fraction of sp³-hybridized carbons (Fsp3) is 0.643. The molecule has 0 atom stereocenters. The van der Waals surface area contributed by atoms with Crippen molar-refractivity contribution >= 4 is 17.3 Å². The second kappa shape index (κ2) is 7.03. The molecule has 1 aromatic heterocycles. The van der Waals surface area contributed by atoms with Crippen molar-refractivity contribution in [3.63, 3.8) is 0 Å². The Labute approximate surface area is 117 Å². The van der Waals surface area contributed by atoms with Crippen LogP contribution in [0.25, 0.3) is 0 Å². The number of thiophene rings is 1. The Kier molecular flexibility index (Phi) is 5.36. The van der Waals surface area contributed by atoms with Crippen LogP contribution in [0.5, 0.6) is 0 Å². The topological polar surface area (TPSA) is 60.8 Å². The summed E-state index contributed by atoms with van der Waals surface area (Å²) < 4.78 is 0. The van der Waals surface area contributed by atoms with E-state index in [0.29, 0.717) is 24.0 Å². The van der Waals surface area contributed by atoms with Crippen LogP contribution in [0.3, 0.4) is 0 Å². The van der Waals surface area contributed by atoms with Gasteiger partial charge < -0.3 is 10.2 Å². The third kappa shape index (κ3) is 3.78. The van der Waals surface area contributed by atoms with E-state index < -0.39 is 5.97 Å². The number of aliphatic hydroxyl groups excluding tert-OH is 1. The number of aromatic carboxylic acids is 1. The van der Waals surface area contributed by atoms with Gasteiger partial charge in [0.15, 0.2) is 0 Å². The molecule has 0 saturated heterocycles. The van der Waals surface area contributed by atoms with E-state index in [1.54, 1.807) is 0 Å². The Balaban J connectivity index is 2.06. The lowest BCUT2D eigenvalue weighted by molar-refractivity contribution is 0.0697. The monoisotopic (exact) mass is 283 g/mol.